The molecule has 0 aliphatic heterocycles. The van der Waals surface area contributed by atoms with Gasteiger partial charge in [0.05, 0.1) is 26.4 Å². The van der Waals surface area contributed by atoms with Crippen LogP contribution < -0.4 is 0 Å². The summed E-state index contributed by atoms with van der Waals surface area (Å²) in [5, 5.41) is 10.7. The summed E-state index contributed by atoms with van der Waals surface area (Å²) in [5.41, 5.74) is 0. The number of phosphoric ester groups is 2. The van der Waals surface area contributed by atoms with Crippen LogP contribution in [-0.2, 0) is 65.4 Å². The van der Waals surface area contributed by atoms with Crippen molar-refractivity contribution in [1.82, 2.24) is 0 Å². The van der Waals surface area contributed by atoms with Crippen LogP contribution in [-0.4, -0.2) is 96.7 Å². The van der Waals surface area contributed by atoms with E-state index in [0.29, 0.717) is 31.6 Å². The van der Waals surface area contributed by atoms with Gasteiger partial charge < -0.3 is 33.8 Å². The Morgan fingerprint density at radius 1 is 0.264 bits per heavy atom. The van der Waals surface area contributed by atoms with Crippen molar-refractivity contribution >= 4 is 39.5 Å². The second-order valence-corrected chi connectivity index (χ2v) is 35.9. The fourth-order valence-corrected chi connectivity index (χ4v) is 15.0. The summed E-state index contributed by atoms with van der Waals surface area (Å²) in [6.07, 6.45) is 65.3. The molecule has 630 valence electrons. The van der Waals surface area contributed by atoms with Crippen LogP contribution in [0.1, 0.15) is 453 Å². The molecule has 0 spiro atoms. The normalized spacial score (nSPS) is 14.2. The van der Waals surface area contributed by atoms with Gasteiger partial charge in [0.15, 0.2) is 12.2 Å². The summed E-state index contributed by atoms with van der Waals surface area (Å²) in [7, 11) is -9.93. The van der Waals surface area contributed by atoms with E-state index in [4.69, 9.17) is 37.0 Å². The van der Waals surface area contributed by atoms with Crippen LogP contribution in [0.4, 0.5) is 0 Å². The number of aliphatic hydroxyl groups excluding tert-OH is 1. The van der Waals surface area contributed by atoms with Gasteiger partial charge in [0.1, 0.15) is 19.3 Å². The van der Waals surface area contributed by atoms with E-state index < -0.39 is 97.5 Å². The first-order valence-electron chi connectivity index (χ1n) is 44.7. The molecular formula is C87H170O17P2. The zero-order chi connectivity index (χ0) is 78.1. The van der Waals surface area contributed by atoms with Crippen molar-refractivity contribution in [2.24, 2.45) is 23.7 Å². The number of phosphoric acid groups is 2. The van der Waals surface area contributed by atoms with Gasteiger partial charge in [0, 0.05) is 25.7 Å². The predicted octanol–water partition coefficient (Wildman–Crippen LogP) is 26.3. The van der Waals surface area contributed by atoms with Gasteiger partial charge in [-0.05, 0) is 49.4 Å². The van der Waals surface area contributed by atoms with Gasteiger partial charge in [0.2, 0.25) is 0 Å². The Kier molecular flexibility index (Phi) is 74.3. The fraction of sp³-hybridized carbons (Fsp3) is 0.954. The van der Waals surface area contributed by atoms with Crippen LogP contribution in [0.25, 0.3) is 0 Å². The minimum absolute atomic E-state index is 0.107. The molecule has 0 saturated carbocycles. The second-order valence-electron chi connectivity index (χ2n) is 33.0. The van der Waals surface area contributed by atoms with Crippen LogP contribution >= 0.6 is 15.6 Å². The second kappa shape index (κ2) is 75.7. The molecule has 0 heterocycles. The first kappa shape index (κ1) is 104. The maximum absolute atomic E-state index is 13.1. The molecule has 0 aromatic heterocycles. The zero-order valence-electron chi connectivity index (χ0n) is 70.1. The highest BCUT2D eigenvalue weighted by Gasteiger charge is 2.31. The minimum atomic E-state index is -4.97. The standard InChI is InChI=1S/C87H170O17P2/c1-9-80(8)66-58-50-42-34-28-21-17-12-10-11-13-18-22-30-36-44-53-61-69-86(91)103-82(73-97-84(89)67-59-51-43-35-29-25-24-27-33-40-48-56-64-78(4)5)75-101-105(93,94)99-71-81(88)72-100-106(95,96)102-76-83(74-98-85(90)68-60-52-46-38-41-49-57-65-79(6)7)104-87(92)70-62-54-45-37-31-23-19-15-14-16-20-26-32-39-47-55-63-77(2)3/h77-83,88H,9-76H2,1-8H3,(H,93,94)(H,95,96)/t80?,81?,82-,83-/m1/s1. The van der Waals surface area contributed by atoms with E-state index in [1.165, 1.54) is 250 Å². The molecule has 0 saturated heterocycles. The maximum Gasteiger partial charge on any atom is 0.472 e. The molecule has 19 heteroatoms. The smallest absolute Gasteiger partial charge is 0.462 e. The lowest BCUT2D eigenvalue weighted by molar-refractivity contribution is -0.161. The Labute approximate surface area is 651 Å². The number of ether oxygens (including phenoxy) is 4. The molecular weight excluding hydrogens is 1380 g/mol. The molecule has 0 aliphatic carbocycles. The highest BCUT2D eigenvalue weighted by atomic mass is 31.2. The highest BCUT2D eigenvalue weighted by Crippen LogP contribution is 2.45. The summed E-state index contributed by atoms with van der Waals surface area (Å²) in [4.78, 5) is 73.2. The van der Waals surface area contributed by atoms with Crippen molar-refractivity contribution in [2.45, 2.75) is 472 Å². The molecule has 0 rings (SSSR count). The lowest BCUT2D eigenvalue weighted by atomic mass is 9.99. The summed E-state index contributed by atoms with van der Waals surface area (Å²) in [6, 6.07) is 0. The number of aliphatic hydroxyl groups is 1. The molecule has 6 atom stereocenters. The van der Waals surface area contributed by atoms with E-state index in [1.807, 2.05) is 0 Å². The monoisotopic (exact) mass is 1550 g/mol. The van der Waals surface area contributed by atoms with Gasteiger partial charge >= 0.3 is 39.5 Å². The first-order chi connectivity index (χ1) is 51.1. The average Bonchev–Trinajstić information content (AvgIpc) is 0.900. The Balaban J connectivity index is 5.21. The van der Waals surface area contributed by atoms with E-state index in [1.54, 1.807) is 0 Å². The zero-order valence-corrected chi connectivity index (χ0v) is 71.9. The largest absolute Gasteiger partial charge is 0.472 e. The summed E-state index contributed by atoms with van der Waals surface area (Å²) in [6.45, 7) is 14.3. The lowest BCUT2D eigenvalue weighted by Crippen LogP contribution is -2.30. The van der Waals surface area contributed by atoms with Crippen LogP contribution in [0, 0.1) is 23.7 Å². The molecule has 4 unspecified atom stereocenters. The van der Waals surface area contributed by atoms with E-state index in [-0.39, 0.29) is 25.7 Å². The maximum atomic E-state index is 13.1. The van der Waals surface area contributed by atoms with Crippen molar-refractivity contribution in [2.75, 3.05) is 39.6 Å². The third kappa shape index (κ3) is 78.7. The lowest BCUT2D eigenvalue weighted by Gasteiger charge is -2.21. The Hall–Kier alpha value is -1.94. The van der Waals surface area contributed by atoms with Crippen LogP contribution in [0.15, 0.2) is 0 Å². The van der Waals surface area contributed by atoms with Crippen molar-refractivity contribution < 1.29 is 80.2 Å². The fourth-order valence-electron chi connectivity index (χ4n) is 13.5. The van der Waals surface area contributed by atoms with E-state index in [2.05, 4.69) is 55.4 Å². The quantitative estimate of drug-likeness (QED) is 0.0222. The molecule has 0 aromatic carbocycles. The van der Waals surface area contributed by atoms with Crippen LogP contribution in [0.3, 0.4) is 0 Å². The van der Waals surface area contributed by atoms with Crippen LogP contribution in [0.5, 0.6) is 0 Å². The molecule has 0 amide bonds. The molecule has 0 radical (unpaired) electrons. The predicted molar refractivity (Wildman–Crippen MR) is 437 cm³/mol. The molecule has 0 bridgehead atoms. The molecule has 17 nitrogen and oxygen atoms in total. The first-order valence-corrected chi connectivity index (χ1v) is 47.7. The van der Waals surface area contributed by atoms with Gasteiger partial charge in [-0.15, -0.1) is 0 Å². The number of unbranched alkanes of at least 4 members (excludes halogenated alkanes) is 49. The van der Waals surface area contributed by atoms with Crippen molar-refractivity contribution in [3.8, 4) is 0 Å². The van der Waals surface area contributed by atoms with Gasteiger partial charge in [-0.2, -0.15) is 0 Å². The number of carbonyl (C=O) groups is 4. The van der Waals surface area contributed by atoms with Crippen LogP contribution in [0.2, 0.25) is 0 Å². The highest BCUT2D eigenvalue weighted by molar-refractivity contribution is 7.47. The summed E-state index contributed by atoms with van der Waals surface area (Å²) in [5.74, 6) is 1.06. The minimum Gasteiger partial charge on any atom is -0.462 e. The molecule has 0 aromatic rings. The van der Waals surface area contributed by atoms with Crippen molar-refractivity contribution in [3.05, 3.63) is 0 Å². The average molecular weight is 1550 g/mol. The topological polar surface area (TPSA) is 237 Å². The van der Waals surface area contributed by atoms with Gasteiger partial charge in [-0.25, -0.2) is 9.13 Å². The number of hydrogen-bond acceptors (Lipinski definition) is 15. The van der Waals surface area contributed by atoms with Gasteiger partial charge in [-0.1, -0.05) is 402 Å². The molecule has 0 aliphatic rings. The van der Waals surface area contributed by atoms with Gasteiger partial charge in [0.25, 0.3) is 0 Å². The van der Waals surface area contributed by atoms with Gasteiger partial charge in [-0.3, -0.25) is 37.3 Å². The number of hydrogen-bond donors (Lipinski definition) is 3. The molecule has 0 fully saturated rings. The number of carbonyl (C=O) groups excluding carboxylic acids is 4. The van der Waals surface area contributed by atoms with E-state index >= 15 is 0 Å². The number of rotatable bonds is 84. The Morgan fingerprint density at radius 3 is 0.670 bits per heavy atom. The Morgan fingerprint density at radius 2 is 0.453 bits per heavy atom. The van der Waals surface area contributed by atoms with Crippen molar-refractivity contribution in [1.29, 1.82) is 0 Å². The third-order valence-electron chi connectivity index (χ3n) is 20.7. The molecule has 3 N–H and O–H groups in total. The van der Waals surface area contributed by atoms with E-state index in [0.717, 1.165) is 114 Å². The number of esters is 4. The third-order valence-corrected chi connectivity index (χ3v) is 22.6. The van der Waals surface area contributed by atoms with Crippen molar-refractivity contribution in [3.63, 3.8) is 0 Å². The SMILES string of the molecule is CCC(C)CCCCCCCCCCCCCCCCCCCCC(=O)O[C@H](COC(=O)CCCCCCCCCCCCCCC(C)C)COP(=O)(O)OCC(O)COP(=O)(O)OC[C@@H](COC(=O)CCCCCCCCCC(C)C)OC(=O)CCCCCCCCCCCCCCCCCCC(C)C. The summed E-state index contributed by atoms with van der Waals surface area (Å²) >= 11 is 0. The Bertz CT molecular complexity index is 2060. The summed E-state index contributed by atoms with van der Waals surface area (Å²) < 4.78 is 68.9. The molecule has 106 heavy (non-hydrogen) atoms. The van der Waals surface area contributed by atoms with E-state index in [9.17, 15) is 43.2 Å².